The standard InChI is InChI=1S/C10H15BrN2/c1-13(11)8-3-2-5-10-6-4-7-12-9-10/h4,6-7,9H,2-3,5,8H2,1H3. The first-order valence-electron chi connectivity index (χ1n) is 4.55. The molecular formula is C10H15BrN2. The fraction of sp³-hybridized carbons (Fsp3) is 0.500. The molecule has 72 valence electrons. The van der Waals surface area contributed by atoms with E-state index in [4.69, 9.17) is 0 Å². The molecular weight excluding hydrogens is 228 g/mol. The van der Waals surface area contributed by atoms with Crippen molar-refractivity contribution in [2.45, 2.75) is 19.3 Å². The summed E-state index contributed by atoms with van der Waals surface area (Å²) in [6.45, 7) is 1.10. The summed E-state index contributed by atoms with van der Waals surface area (Å²) in [7, 11) is 2.03. The summed E-state index contributed by atoms with van der Waals surface area (Å²) in [5.74, 6) is 0. The summed E-state index contributed by atoms with van der Waals surface area (Å²) in [6, 6.07) is 4.12. The van der Waals surface area contributed by atoms with Crippen molar-refractivity contribution in [2.24, 2.45) is 0 Å². The van der Waals surface area contributed by atoms with E-state index in [2.05, 4.69) is 27.2 Å². The third-order valence-corrected chi connectivity index (χ3v) is 2.26. The van der Waals surface area contributed by atoms with Gasteiger partial charge in [-0.2, -0.15) is 0 Å². The third kappa shape index (κ3) is 5.01. The molecule has 0 aliphatic heterocycles. The zero-order chi connectivity index (χ0) is 9.52. The number of hydrogen-bond donors (Lipinski definition) is 0. The molecule has 13 heavy (non-hydrogen) atoms. The van der Waals surface area contributed by atoms with Crippen LogP contribution in [0.25, 0.3) is 0 Å². The number of nitrogens with zero attached hydrogens (tertiary/aromatic N) is 2. The van der Waals surface area contributed by atoms with Gasteiger partial charge in [0.05, 0.1) is 0 Å². The Morgan fingerprint density at radius 2 is 2.31 bits per heavy atom. The molecule has 0 fully saturated rings. The Morgan fingerprint density at radius 1 is 1.46 bits per heavy atom. The normalized spacial score (nSPS) is 10.7. The molecule has 0 bridgehead atoms. The molecule has 0 aliphatic carbocycles. The van der Waals surface area contributed by atoms with E-state index in [-0.39, 0.29) is 0 Å². The van der Waals surface area contributed by atoms with Crippen molar-refractivity contribution in [1.29, 1.82) is 0 Å². The highest BCUT2D eigenvalue weighted by atomic mass is 79.9. The second-order valence-electron chi connectivity index (χ2n) is 3.15. The van der Waals surface area contributed by atoms with Gasteiger partial charge in [0.1, 0.15) is 0 Å². The SMILES string of the molecule is CN(Br)CCCCc1cccnc1. The van der Waals surface area contributed by atoms with Crippen LogP contribution in [0, 0.1) is 0 Å². The van der Waals surface area contributed by atoms with Gasteiger partial charge < -0.3 is 0 Å². The maximum absolute atomic E-state index is 4.08. The lowest BCUT2D eigenvalue weighted by Crippen LogP contribution is -2.05. The highest BCUT2D eigenvalue weighted by Gasteiger charge is 1.94. The van der Waals surface area contributed by atoms with Crippen LogP contribution < -0.4 is 0 Å². The fourth-order valence-electron chi connectivity index (χ4n) is 1.20. The van der Waals surface area contributed by atoms with Crippen molar-refractivity contribution in [2.75, 3.05) is 13.6 Å². The molecule has 0 spiro atoms. The van der Waals surface area contributed by atoms with Crippen LogP contribution in [0.1, 0.15) is 18.4 Å². The van der Waals surface area contributed by atoms with Crippen LogP contribution in [0.5, 0.6) is 0 Å². The molecule has 1 aromatic heterocycles. The number of halogens is 1. The lowest BCUT2D eigenvalue weighted by Gasteiger charge is -2.06. The summed E-state index contributed by atoms with van der Waals surface area (Å²) >= 11 is 3.38. The summed E-state index contributed by atoms with van der Waals surface area (Å²) in [5, 5.41) is 0. The average Bonchev–Trinajstić information content (AvgIpc) is 2.14. The van der Waals surface area contributed by atoms with E-state index in [1.165, 1.54) is 18.4 Å². The van der Waals surface area contributed by atoms with E-state index < -0.39 is 0 Å². The largest absolute Gasteiger partial charge is 0.264 e. The number of rotatable bonds is 5. The van der Waals surface area contributed by atoms with E-state index in [0.717, 1.165) is 13.0 Å². The van der Waals surface area contributed by atoms with Gasteiger partial charge in [-0.3, -0.25) is 4.98 Å². The maximum atomic E-state index is 4.08. The summed E-state index contributed by atoms with van der Waals surface area (Å²) < 4.78 is 2.04. The minimum absolute atomic E-state index is 1.10. The lowest BCUT2D eigenvalue weighted by atomic mass is 10.1. The van der Waals surface area contributed by atoms with E-state index in [1.807, 2.05) is 29.4 Å². The molecule has 0 N–H and O–H groups in total. The van der Waals surface area contributed by atoms with Crippen LogP contribution in [-0.2, 0) is 6.42 Å². The minimum atomic E-state index is 1.10. The molecule has 0 atom stereocenters. The van der Waals surface area contributed by atoms with E-state index in [0.29, 0.717) is 0 Å². The van der Waals surface area contributed by atoms with Gasteiger partial charge in [-0.25, -0.2) is 3.93 Å². The van der Waals surface area contributed by atoms with Crippen LogP contribution in [0.15, 0.2) is 24.5 Å². The minimum Gasteiger partial charge on any atom is -0.264 e. The zero-order valence-corrected chi connectivity index (χ0v) is 9.50. The molecule has 1 heterocycles. The predicted octanol–water partition coefficient (Wildman–Crippen LogP) is 2.65. The smallest absolute Gasteiger partial charge is 0.0299 e. The van der Waals surface area contributed by atoms with Crippen molar-refractivity contribution in [3.63, 3.8) is 0 Å². The molecule has 0 unspecified atom stereocenters. The summed E-state index contributed by atoms with van der Waals surface area (Å²) in [4.78, 5) is 4.08. The Bertz CT molecular complexity index is 224. The molecule has 0 aliphatic rings. The van der Waals surface area contributed by atoms with Crippen molar-refractivity contribution in [1.82, 2.24) is 8.91 Å². The third-order valence-electron chi connectivity index (χ3n) is 1.90. The molecule has 1 rings (SSSR count). The quantitative estimate of drug-likeness (QED) is 0.583. The second-order valence-corrected chi connectivity index (χ2v) is 4.36. The van der Waals surface area contributed by atoms with E-state index in [1.54, 1.807) is 0 Å². The Balaban J connectivity index is 2.13. The highest BCUT2D eigenvalue weighted by molar-refractivity contribution is 9.07. The molecule has 0 aromatic carbocycles. The first kappa shape index (κ1) is 10.7. The first-order valence-corrected chi connectivity index (χ1v) is 5.26. The molecule has 3 heteroatoms. The number of aromatic nitrogens is 1. The Hall–Kier alpha value is -0.410. The van der Waals surface area contributed by atoms with Crippen molar-refractivity contribution in [3.8, 4) is 0 Å². The van der Waals surface area contributed by atoms with Crippen LogP contribution in [0.2, 0.25) is 0 Å². The zero-order valence-electron chi connectivity index (χ0n) is 7.91. The molecule has 0 amide bonds. The van der Waals surface area contributed by atoms with E-state index in [9.17, 15) is 0 Å². The summed E-state index contributed by atoms with van der Waals surface area (Å²) in [6.07, 6.45) is 7.33. The van der Waals surface area contributed by atoms with Gasteiger partial charge >= 0.3 is 0 Å². The van der Waals surface area contributed by atoms with Crippen molar-refractivity contribution >= 4 is 16.1 Å². The molecule has 0 saturated carbocycles. The lowest BCUT2D eigenvalue weighted by molar-refractivity contribution is 0.542. The number of unbranched alkanes of at least 4 members (excludes halogenated alkanes) is 1. The van der Waals surface area contributed by atoms with Crippen LogP contribution in [-0.4, -0.2) is 22.5 Å². The predicted molar refractivity (Wildman–Crippen MR) is 58.7 cm³/mol. The number of pyridine rings is 1. The Labute approximate surface area is 88.3 Å². The van der Waals surface area contributed by atoms with E-state index >= 15 is 0 Å². The first-order chi connectivity index (χ1) is 6.29. The Morgan fingerprint density at radius 3 is 2.92 bits per heavy atom. The number of aryl methyl sites for hydroxylation is 1. The molecule has 0 radical (unpaired) electrons. The van der Waals surface area contributed by atoms with Gasteiger partial charge in [-0.15, -0.1) is 0 Å². The van der Waals surface area contributed by atoms with Crippen molar-refractivity contribution < 1.29 is 0 Å². The van der Waals surface area contributed by atoms with Gasteiger partial charge in [0.25, 0.3) is 0 Å². The van der Waals surface area contributed by atoms with Gasteiger partial charge in [0, 0.05) is 35.1 Å². The molecule has 1 aromatic rings. The van der Waals surface area contributed by atoms with Crippen LogP contribution in [0.3, 0.4) is 0 Å². The fourth-order valence-corrected chi connectivity index (χ4v) is 1.46. The average molecular weight is 243 g/mol. The van der Waals surface area contributed by atoms with Gasteiger partial charge in [0.2, 0.25) is 0 Å². The number of hydrogen-bond acceptors (Lipinski definition) is 2. The van der Waals surface area contributed by atoms with Crippen LogP contribution in [0.4, 0.5) is 0 Å². The van der Waals surface area contributed by atoms with Crippen LogP contribution >= 0.6 is 16.1 Å². The molecule has 0 saturated heterocycles. The highest BCUT2D eigenvalue weighted by Crippen LogP contribution is 2.04. The van der Waals surface area contributed by atoms with Gasteiger partial charge in [0.15, 0.2) is 0 Å². The van der Waals surface area contributed by atoms with Gasteiger partial charge in [-0.05, 0) is 37.9 Å². The van der Waals surface area contributed by atoms with Crippen molar-refractivity contribution in [3.05, 3.63) is 30.1 Å². The maximum Gasteiger partial charge on any atom is 0.0299 e. The molecule has 2 nitrogen and oxygen atoms in total. The topological polar surface area (TPSA) is 16.1 Å². The Kier molecular flexibility index (Phi) is 5.01. The summed E-state index contributed by atoms with van der Waals surface area (Å²) in [5.41, 5.74) is 1.33. The second kappa shape index (κ2) is 6.11. The monoisotopic (exact) mass is 242 g/mol. The van der Waals surface area contributed by atoms with Gasteiger partial charge in [-0.1, -0.05) is 6.07 Å².